The summed E-state index contributed by atoms with van der Waals surface area (Å²) in [5.41, 5.74) is 2.32. The van der Waals surface area contributed by atoms with Crippen LogP contribution in [0.2, 0.25) is 0 Å². The average molecular weight is 443 g/mol. The number of hydrogen-bond acceptors (Lipinski definition) is 8. The third-order valence-corrected chi connectivity index (χ3v) is 6.15. The number of thiazole rings is 1. The molecule has 0 saturated carbocycles. The molecule has 0 amide bonds. The highest BCUT2D eigenvalue weighted by Crippen LogP contribution is 2.31. The van der Waals surface area contributed by atoms with Crippen LogP contribution in [0.3, 0.4) is 0 Å². The van der Waals surface area contributed by atoms with Gasteiger partial charge in [-0.25, -0.2) is 4.98 Å². The molecule has 0 spiro atoms. The van der Waals surface area contributed by atoms with Gasteiger partial charge in [-0.1, -0.05) is 12.1 Å². The minimum atomic E-state index is -0.839. The molecular formula is C22H26N4O4S. The molecule has 1 aromatic carbocycles. The van der Waals surface area contributed by atoms with E-state index in [1.807, 2.05) is 17.5 Å². The van der Waals surface area contributed by atoms with E-state index >= 15 is 0 Å². The lowest BCUT2D eigenvalue weighted by Gasteiger charge is -2.38. The number of nitrogens with zero attached hydrogens (tertiary/aromatic N) is 4. The number of nitriles is 1. The summed E-state index contributed by atoms with van der Waals surface area (Å²) in [6.45, 7) is 4.35. The fourth-order valence-electron chi connectivity index (χ4n) is 3.67. The molecule has 0 unspecified atom stereocenters. The highest BCUT2D eigenvalue weighted by atomic mass is 32.1. The molecule has 0 radical (unpaired) electrons. The van der Waals surface area contributed by atoms with Crippen LogP contribution in [0.15, 0.2) is 29.6 Å². The smallest absolute Gasteiger partial charge is 0.320 e. The zero-order chi connectivity index (χ0) is 22.2. The molecule has 8 nitrogen and oxygen atoms in total. The van der Waals surface area contributed by atoms with Gasteiger partial charge in [0.05, 0.1) is 36.9 Å². The lowest BCUT2D eigenvalue weighted by Crippen LogP contribution is -2.47. The summed E-state index contributed by atoms with van der Waals surface area (Å²) < 4.78 is 5.03. The first-order valence-corrected chi connectivity index (χ1v) is 11.2. The van der Waals surface area contributed by atoms with E-state index in [2.05, 4.69) is 15.9 Å². The second-order valence-corrected chi connectivity index (χ2v) is 8.19. The van der Waals surface area contributed by atoms with Gasteiger partial charge in [-0.05, 0) is 31.9 Å². The number of ether oxygens (including phenoxy) is 1. The lowest BCUT2D eigenvalue weighted by molar-refractivity contribution is -0.144. The Kier molecular flexibility index (Phi) is 7.98. The van der Waals surface area contributed by atoms with Crippen molar-refractivity contribution < 1.29 is 19.4 Å². The molecule has 9 heteroatoms. The fraction of sp³-hybridized carbons (Fsp3) is 0.455. The van der Waals surface area contributed by atoms with Gasteiger partial charge in [0.1, 0.15) is 0 Å². The highest BCUT2D eigenvalue weighted by Gasteiger charge is 2.28. The second kappa shape index (κ2) is 10.9. The van der Waals surface area contributed by atoms with E-state index in [0.717, 1.165) is 42.3 Å². The molecule has 1 N–H and O–H groups in total. The van der Waals surface area contributed by atoms with Crippen LogP contribution in [0.4, 0.5) is 5.13 Å². The Morgan fingerprint density at radius 3 is 2.65 bits per heavy atom. The van der Waals surface area contributed by atoms with E-state index in [1.54, 1.807) is 19.1 Å². The molecule has 2 aromatic rings. The normalized spacial score (nSPS) is 14.7. The number of piperidine rings is 1. The summed E-state index contributed by atoms with van der Waals surface area (Å²) >= 11 is 1.49. The van der Waals surface area contributed by atoms with Gasteiger partial charge in [-0.15, -0.1) is 11.3 Å². The van der Waals surface area contributed by atoms with Crippen molar-refractivity contribution in [3.8, 4) is 17.3 Å². The SMILES string of the molecule is CCOC(=O)CN1CCC(N(CCC(=O)O)c2nc(-c3ccc(C#N)cc3)cs2)CC1. The van der Waals surface area contributed by atoms with Crippen molar-refractivity contribution in [2.24, 2.45) is 0 Å². The largest absolute Gasteiger partial charge is 0.481 e. The molecule has 2 heterocycles. The molecule has 3 rings (SSSR count). The summed E-state index contributed by atoms with van der Waals surface area (Å²) in [6.07, 6.45) is 1.68. The number of rotatable bonds is 9. The van der Waals surface area contributed by atoms with Crippen molar-refractivity contribution in [1.29, 1.82) is 5.26 Å². The predicted octanol–water partition coefficient (Wildman–Crippen LogP) is 2.99. The first kappa shape index (κ1) is 22.7. The predicted molar refractivity (Wildman–Crippen MR) is 118 cm³/mol. The van der Waals surface area contributed by atoms with Crippen LogP contribution in [0.5, 0.6) is 0 Å². The first-order chi connectivity index (χ1) is 15.0. The summed E-state index contributed by atoms with van der Waals surface area (Å²) in [7, 11) is 0. The minimum Gasteiger partial charge on any atom is -0.481 e. The van der Waals surface area contributed by atoms with Crippen molar-refractivity contribution in [3.05, 3.63) is 35.2 Å². The number of aromatic nitrogens is 1. The molecule has 1 fully saturated rings. The van der Waals surface area contributed by atoms with Crippen molar-refractivity contribution in [3.63, 3.8) is 0 Å². The number of likely N-dealkylation sites (tertiary alicyclic amines) is 1. The quantitative estimate of drug-likeness (QED) is 0.591. The number of carboxylic acid groups (broad SMARTS) is 1. The molecule has 1 saturated heterocycles. The average Bonchev–Trinajstić information content (AvgIpc) is 3.25. The van der Waals surface area contributed by atoms with E-state index in [4.69, 9.17) is 15.0 Å². The Morgan fingerprint density at radius 1 is 1.32 bits per heavy atom. The Bertz CT molecular complexity index is 930. The summed E-state index contributed by atoms with van der Waals surface area (Å²) in [5.74, 6) is -1.05. The van der Waals surface area contributed by atoms with Crippen LogP contribution in [0.25, 0.3) is 11.3 Å². The van der Waals surface area contributed by atoms with Crippen LogP contribution in [-0.2, 0) is 14.3 Å². The zero-order valence-electron chi connectivity index (χ0n) is 17.5. The van der Waals surface area contributed by atoms with E-state index < -0.39 is 5.97 Å². The van der Waals surface area contributed by atoms with E-state index in [1.165, 1.54) is 11.3 Å². The number of benzene rings is 1. The number of carbonyl (C=O) groups excluding carboxylic acids is 1. The van der Waals surface area contributed by atoms with Gasteiger partial charge >= 0.3 is 11.9 Å². The lowest BCUT2D eigenvalue weighted by atomic mass is 10.0. The standard InChI is InChI=1S/C22H26N4O4S/c1-2-30-21(29)14-25-10-7-18(8-11-25)26(12-9-20(27)28)22-24-19(15-31-22)17-5-3-16(13-23)4-6-17/h3-6,15,18H,2,7-12,14H2,1H3,(H,27,28). The molecule has 1 aromatic heterocycles. The van der Waals surface area contributed by atoms with Crippen LogP contribution in [-0.4, -0.2) is 65.8 Å². The monoisotopic (exact) mass is 442 g/mol. The fourth-order valence-corrected chi connectivity index (χ4v) is 4.61. The van der Waals surface area contributed by atoms with Crippen LogP contribution >= 0.6 is 11.3 Å². The Hall–Kier alpha value is -2.96. The topological polar surface area (TPSA) is 107 Å². The van der Waals surface area contributed by atoms with Gasteiger partial charge in [-0.2, -0.15) is 5.26 Å². The Labute approximate surface area is 185 Å². The van der Waals surface area contributed by atoms with Crippen LogP contribution in [0, 0.1) is 11.3 Å². The molecule has 31 heavy (non-hydrogen) atoms. The number of carboxylic acids is 1. The third kappa shape index (κ3) is 6.26. The number of carbonyl (C=O) groups is 2. The van der Waals surface area contributed by atoms with E-state index in [9.17, 15) is 14.7 Å². The number of aliphatic carboxylic acids is 1. The second-order valence-electron chi connectivity index (χ2n) is 7.35. The first-order valence-electron chi connectivity index (χ1n) is 10.3. The van der Waals surface area contributed by atoms with E-state index in [-0.39, 0.29) is 25.0 Å². The molecule has 0 bridgehead atoms. The minimum absolute atomic E-state index is 0.0365. The molecule has 1 aliphatic heterocycles. The number of anilines is 1. The van der Waals surface area contributed by atoms with Gasteiger partial charge in [-0.3, -0.25) is 14.5 Å². The maximum Gasteiger partial charge on any atom is 0.320 e. The Balaban J connectivity index is 1.70. The summed E-state index contributed by atoms with van der Waals surface area (Å²) in [6, 6.07) is 9.53. The van der Waals surface area contributed by atoms with Crippen molar-refractivity contribution >= 4 is 28.4 Å². The third-order valence-electron chi connectivity index (χ3n) is 5.27. The summed E-state index contributed by atoms with van der Waals surface area (Å²) in [4.78, 5) is 31.9. The highest BCUT2D eigenvalue weighted by molar-refractivity contribution is 7.14. The van der Waals surface area contributed by atoms with Gasteiger partial charge in [0, 0.05) is 36.6 Å². The van der Waals surface area contributed by atoms with Crippen molar-refractivity contribution in [1.82, 2.24) is 9.88 Å². The van der Waals surface area contributed by atoms with E-state index in [0.29, 0.717) is 18.7 Å². The molecule has 0 aliphatic carbocycles. The molecule has 164 valence electrons. The van der Waals surface area contributed by atoms with Gasteiger partial charge < -0.3 is 14.7 Å². The van der Waals surface area contributed by atoms with Gasteiger partial charge in [0.25, 0.3) is 0 Å². The Morgan fingerprint density at radius 2 is 2.03 bits per heavy atom. The molecule has 0 atom stereocenters. The maximum atomic E-state index is 11.7. The number of esters is 1. The van der Waals surface area contributed by atoms with Crippen molar-refractivity contribution in [2.45, 2.75) is 32.2 Å². The van der Waals surface area contributed by atoms with Crippen LogP contribution < -0.4 is 4.90 Å². The maximum absolute atomic E-state index is 11.7. The van der Waals surface area contributed by atoms with Gasteiger partial charge in [0.15, 0.2) is 5.13 Å². The van der Waals surface area contributed by atoms with Gasteiger partial charge in [0.2, 0.25) is 0 Å². The van der Waals surface area contributed by atoms with Crippen LogP contribution in [0.1, 0.15) is 31.7 Å². The molecular weight excluding hydrogens is 416 g/mol. The zero-order valence-corrected chi connectivity index (χ0v) is 18.3. The number of hydrogen-bond donors (Lipinski definition) is 1. The van der Waals surface area contributed by atoms with Crippen molar-refractivity contribution in [2.75, 3.05) is 37.7 Å². The summed E-state index contributed by atoms with van der Waals surface area (Å²) in [5, 5.41) is 20.9. The molecule has 1 aliphatic rings.